The Bertz CT molecular complexity index is 415. The average Bonchev–Trinajstić information content (AvgIpc) is 3.01. The Morgan fingerprint density at radius 2 is 2.00 bits per heavy atom. The van der Waals surface area contributed by atoms with Crippen LogP contribution in [0, 0.1) is 5.92 Å². The highest BCUT2D eigenvalue weighted by Gasteiger charge is 2.29. The number of piperidine rings is 1. The fraction of sp³-hybridized carbons (Fsp3) is 0.786. The highest BCUT2D eigenvalue weighted by molar-refractivity contribution is 8.14. The van der Waals surface area contributed by atoms with E-state index in [0.717, 1.165) is 43.4 Å². The van der Waals surface area contributed by atoms with Crippen LogP contribution in [0.5, 0.6) is 0 Å². The van der Waals surface area contributed by atoms with Gasteiger partial charge in [-0.25, -0.2) is 4.79 Å². The van der Waals surface area contributed by atoms with Crippen LogP contribution in [0.15, 0.2) is 4.99 Å². The molecule has 0 unspecified atom stereocenters. The van der Waals surface area contributed by atoms with Gasteiger partial charge in [-0.2, -0.15) is 0 Å². The molecule has 7 heteroatoms. The molecule has 1 N–H and O–H groups in total. The quantitative estimate of drug-likeness (QED) is 0.856. The first-order valence-corrected chi connectivity index (χ1v) is 8.66. The minimum atomic E-state index is -0.00495. The van der Waals surface area contributed by atoms with Gasteiger partial charge in [0.25, 0.3) is 0 Å². The van der Waals surface area contributed by atoms with Crippen LogP contribution in [0.25, 0.3) is 0 Å². The second-order valence-electron chi connectivity index (χ2n) is 5.24. The van der Waals surface area contributed by atoms with Gasteiger partial charge in [-0.05, 0) is 26.7 Å². The number of hydrogen-bond acceptors (Lipinski definition) is 4. The first-order chi connectivity index (χ1) is 10.2. The molecule has 2 aliphatic rings. The summed E-state index contributed by atoms with van der Waals surface area (Å²) in [7, 11) is 0. The molecule has 6 nitrogen and oxygen atoms in total. The molecule has 0 aliphatic carbocycles. The van der Waals surface area contributed by atoms with Crippen LogP contribution in [0.3, 0.4) is 0 Å². The van der Waals surface area contributed by atoms with Crippen molar-refractivity contribution in [1.82, 2.24) is 15.1 Å². The zero-order valence-electron chi connectivity index (χ0n) is 12.8. The highest BCUT2D eigenvalue weighted by Crippen LogP contribution is 2.19. The third-order valence-corrected chi connectivity index (χ3v) is 4.88. The fourth-order valence-electron chi connectivity index (χ4n) is 2.65. The normalized spacial score (nSPS) is 19.3. The summed E-state index contributed by atoms with van der Waals surface area (Å²) < 4.78 is 0. The molecule has 0 saturated carbocycles. The Morgan fingerprint density at radius 3 is 2.52 bits per heavy atom. The predicted octanol–water partition coefficient (Wildman–Crippen LogP) is 1.38. The summed E-state index contributed by atoms with van der Waals surface area (Å²) in [5.41, 5.74) is 0. The lowest BCUT2D eigenvalue weighted by molar-refractivity contribution is -0.124. The molecule has 2 rings (SSSR count). The largest absolute Gasteiger partial charge is 0.325 e. The summed E-state index contributed by atoms with van der Waals surface area (Å²) in [4.78, 5) is 32.3. The van der Waals surface area contributed by atoms with Gasteiger partial charge >= 0.3 is 6.03 Å². The number of thioether (sulfide) groups is 1. The Balaban J connectivity index is 1.79. The molecule has 0 spiro atoms. The van der Waals surface area contributed by atoms with Crippen molar-refractivity contribution < 1.29 is 9.59 Å². The van der Waals surface area contributed by atoms with Crippen molar-refractivity contribution in [1.29, 1.82) is 0 Å². The number of nitrogens with one attached hydrogen (secondary N) is 1. The topological polar surface area (TPSA) is 65.0 Å². The third-order valence-electron chi connectivity index (χ3n) is 3.99. The molecule has 0 aromatic heterocycles. The van der Waals surface area contributed by atoms with Crippen molar-refractivity contribution in [3.05, 3.63) is 0 Å². The van der Waals surface area contributed by atoms with Crippen LogP contribution in [0.1, 0.15) is 26.7 Å². The molecule has 2 heterocycles. The van der Waals surface area contributed by atoms with Gasteiger partial charge in [0.2, 0.25) is 5.91 Å². The molecule has 0 radical (unpaired) electrons. The number of rotatable bonds is 3. The lowest BCUT2D eigenvalue weighted by Crippen LogP contribution is -2.48. The molecular weight excluding hydrogens is 288 g/mol. The highest BCUT2D eigenvalue weighted by atomic mass is 32.2. The SMILES string of the molecule is CCN(CC)C(=O)N1CCC(C(=O)NC2=NCCS2)CC1. The van der Waals surface area contributed by atoms with E-state index in [1.54, 1.807) is 11.8 Å². The minimum absolute atomic E-state index is 0.00495. The van der Waals surface area contributed by atoms with Gasteiger partial charge < -0.3 is 15.1 Å². The van der Waals surface area contributed by atoms with E-state index < -0.39 is 0 Å². The molecule has 0 atom stereocenters. The van der Waals surface area contributed by atoms with Crippen LogP contribution in [-0.4, -0.2) is 65.4 Å². The standard InChI is InChI=1S/C14H24N4O2S/c1-3-17(4-2)14(20)18-8-5-11(6-9-18)12(19)16-13-15-7-10-21-13/h11H,3-10H2,1-2H3,(H,15,16,19). The molecular formula is C14H24N4O2S. The van der Waals surface area contributed by atoms with E-state index in [0.29, 0.717) is 13.1 Å². The van der Waals surface area contributed by atoms with Gasteiger partial charge in [0.15, 0.2) is 5.17 Å². The number of hydrogen-bond donors (Lipinski definition) is 1. The molecule has 1 fully saturated rings. The van der Waals surface area contributed by atoms with Gasteiger partial charge in [-0.1, -0.05) is 11.8 Å². The van der Waals surface area contributed by atoms with E-state index >= 15 is 0 Å². The summed E-state index contributed by atoms with van der Waals surface area (Å²) in [5, 5.41) is 3.65. The molecule has 3 amide bonds. The van der Waals surface area contributed by atoms with Gasteiger partial charge in [-0.3, -0.25) is 9.79 Å². The van der Waals surface area contributed by atoms with Crippen molar-refractivity contribution >= 4 is 28.9 Å². The summed E-state index contributed by atoms with van der Waals surface area (Å²) in [6.45, 7) is 7.54. The lowest BCUT2D eigenvalue weighted by Gasteiger charge is -2.34. The third kappa shape index (κ3) is 4.12. The number of likely N-dealkylation sites (tertiary alicyclic amines) is 1. The lowest BCUT2D eigenvalue weighted by atomic mass is 9.96. The number of amides is 3. The van der Waals surface area contributed by atoms with E-state index in [4.69, 9.17) is 0 Å². The number of carbonyl (C=O) groups is 2. The Hall–Kier alpha value is -1.24. The fourth-order valence-corrected chi connectivity index (χ4v) is 3.38. The van der Waals surface area contributed by atoms with Crippen LogP contribution >= 0.6 is 11.8 Å². The van der Waals surface area contributed by atoms with Crippen molar-refractivity contribution in [3.8, 4) is 0 Å². The van der Waals surface area contributed by atoms with Gasteiger partial charge in [0.1, 0.15) is 0 Å². The van der Waals surface area contributed by atoms with Gasteiger partial charge in [-0.15, -0.1) is 0 Å². The van der Waals surface area contributed by atoms with Gasteiger partial charge in [0.05, 0.1) is 6.54 Å². The van der Waals surface area contributed by atoms with Crippen molar-refractivity contribution in [3.63, 3.8) is 0 Å². The maximum absolute atomic E-state index is 12.2. The molecule has 21 heavy (non-hydrogen) atoms. The zero-order valence-corrected chi connectivity index (χ0v) is 13.6. The maximum Gasteiger partial charge on any atom is 0.319 e. The minimum Gasteiger partial charge on any atom is -0.325 e. The summed E-state index contributed by atoms with van der Waals surface area (Å²) in [5.74, 6) is 1.000. The van der Waals surface area contributed by atoms with Crippen LogP contribution < -0.4 is 5.32 Å². The Labute approximate surface area is 130 Å². The van der Waals surface area contributed by atoms with E-state index in [9.17, 15) is 9.59 Å². The van der Waals surface area contributed by atoms with E-state index in [1.807, 2.05) is 23.6 Å². The molecule has 0 bridgehead atoms. The van der Waals surface area contributed by atoms with Crippen molar-refractivity contribution in [2.75, 3.05) is 38.5 Å². The van der Waals surface area contributed by atoms with E-state index in [1.165, 1.54) is 0 Å². The number of urea groups is 1. The zero-order chi connectivity index (χ0) is 15.2. The molecule has 0 aromatic carbocycles. The van der Waals surface area contributed by atoms with E-state index in [2.05, 4.69) is 10.3 Å². The monoisotopic (exact) mass is 312 g/mol. The van der Waals surface area contributed by atoms with Crippen LogP contribution in [0.2, 0.25) is 0 Å². The number of carbonyl (C=O) groups excluding carboxylic acids is 2. The first kappa shape index (κ1) is 16.1. The van der Waals surface area contributed by atoms with Crippen LogP contribution in [0.4, 0.5) is 4.79 Å². The number of nitrogens with zero attached hydrogens (tertiary/aromatic N) is 3. The second kappa shape index (κ2) is 7.68. The second-order valence-corrected chi connectivity index (χ2v) is 6.32. The molecule has 2 aliphatic heterocycles. The summed E-state index contributed by atoms with van der Waals surface area (Å²) in [6.07, 6.45) is 1.47. The molecule has 0 aromatic rings. The number of amidine groups is 1. The van der Waals surface area contributed by atoms with Crippen molar-refractivity contribution in [2.24, 2.45) is 10.9 Å². The van der Waals surface area contributed by atoms with Crippen molar-refractivity contribution in [2.45, 2.75) is 26.7 Å². The Morgan fingerprint density at radius 1 is 1.33 bits per heavy atom. The van der Waals surface area contributed by atoms with Gasteiger partial charge in [0, 0.05) is 37.8 Å². The first-order valence-electron chi connectivity index (χ1n) is 7.67. The predicted molar refractivity (Wildman–Crippen MR) is 85.5 cm³/mol. The Kier molecular flexibility index (Phi) is 5.90. The smallest absolute Gasteiger partial charge is 0.319 e. The average molecular weight is 312 g/mol. The number of aliphatic imine (C=N–C) groups is 1. The summed E-state index contributed by atoms with van der Waals surface area (Å²) in [6, 6.07) is 0.0922. The maximum atomic E-state index is 12.2. The molecule has 118 valence electrons. The van der Waals surface area contributed by atoms with Crippen LogP contribution in [-0.2, 0) is 4.79 Å². The summed E-state index contributed by atoms with van der Waals surface area (Å²) >= 11 is 1.60. The van der Waals surface area contributed by atoms with E-state index in [-0.39, 0.29) is 17.9 Å². The molecule has 1 saturated heterocycles.